The number of rotatable bonds is 6. The van der Waals surface area contributed by atoms with Crippen molar-refractivity contribution in [2.24, 2.45) is 0 Å². The third kappa shape index (κ3) is 4.94. The minimum atomic E-state index is -0.274. The highest BCUT2D eigenvalue weighted by Crippen LogP contribution is 2.23. The molecule has 1 aromatic heterocycles. The number of aromatic nitrogens is 2. The van der Waals surface area contributed by atoms with Crippen LogP contribution in [0.25, 0.3) is 0 Å². The zero-order valence-electron chi connectivity index (χ0n) is 13.7. The number of anilines is 2. The normalized spacial score (nSPS) is 10.4. The summed E-state index contributed by atoms with van der Waals surface area (Å²) in [7, 11) is 0. The van der Waals surface area contributed by atoms with E-state index in [1.807, 2.05) is 42.5 Å². The van der Waals surface area contributed by atoms with E-state index in [1.165, 1.54) is 12.4 Å². The predicted molar refractivity (Wildman–Crippen MR) is 104 cm³/mol. The first-order valence-electron chi connectivity index (χ1n) is 7.98. The lowest BCUT2D eigenvalue weighted by Gasteiger charge is -2.08. The summed E-state index contributed by atoms with van der Waals surface area (Å²) in [5, 5.41) is 7.14. The summed E-state index contributed by atoms with van der Waals surface area (Å²) in [4.78, 5) is 20.5. The average Bonchev–Trinajstić information content (AvgIpc) is 2.64. The molecule has 132 valence electrons. The van der Waals surface area contributed by atoms with E-state index in [1.54, 1.807) is 6.07 Å². The predicted octanol–water partition coefficient (Wildman–Crippen LogP) is 4.50. The molecule has 0 aliphatic heterocycles. The fraction of sp³-hybridized carbons (Fsp3) is 0.105. The van der Waals surface area contributed by atoms with Gasteiger partial charge in [0.05, 0.1) is 23.1 Å². The van der Waals surface area contributed by atoms with Gasteiger partial charge in [-0.1, -0.05) is 47.5 Å². The van der Waals surface area contributed by atoms with Gasteiger partial charge < -0.3 is 10.6 Å². The third-order valence-corrected chi connectivity index (χ3v) is 4.17. The molecule has 3 rings (SSSR count). The quantitative estimate of drug-likeness (QED) is 0.654. The van der Waals surface area contributed by atoms with Crippen LogP contribution >= 0.6 is 23.2 Å². The maximum atomic E-state index is 12.1. The van der Waals surface area contributed by atoms with Crippen molar-refractivity contribution in [1.82, 2.24) is 15.3 Å². The zero-order chi connectivity index (χ0) is 18.4. The van der Waals surface area contributed by atoms with Gasteiger partial charge in [0.25, 0.3) is 5.91 Å². The molecule has 0 unspecified atom stereocenters. The number of amides is 1. The highest BCUT2D eigenvalue weighted by atomic mass is 35.5. The molecule has 0 aliphatic carbocycles. The van der Waals surface area contributed by atoms with Crippen molar-refractivity contribution in [3.8, 4) is 0 Å². The van der Waals surface area contributed by atoms with Gasteiger partial charge in [-0.15, -0.1) is 0 Å². The standard InChI is InChI=1S/C19H16Cl2N4O/c20-14-5-3-4-13(10-14)8-9-22-19(26)17-11-24-18(12-23-17)25-16-7-2-1-6-15(16)21/h1-7,10-12H,8-9H2,(H,22,26)(H,24,25). The van der Waals surface area contributed by atoms with Crippen molar-refractivity contribution >= 4 is 40.6 Å². The molecule has 0 fully saturated rings. The maximum absolute atomic E-state index is 12.1. The summed E-state index contributed by atoms with van der Waals surface area (Å²) in [5.41, 5.74) is 2.03. The summed E-state index contributed by atoms with van der Waals surface area (Å²) in [6.45, 7) is 0.487. The minimum absolute atomic E-state index is 0.251. The van der Waals surface area contributed by atoms with Crippen LogP contribution in [0.1, 0.15) is 16.1 Å². The molecule has 0 saturated heterocycles. The fourth-order valence-electron chi connectivity index (χ4n) is 2.31. The monoisotopic (exact) mass is 386 g/mol. The Hall–Kier alpha value is -2.63. The summed E-state index contributed by atoms with van der Waals surface area (Å²) >= 11 is 12.0. The molecule has 1 amide bonds. The van der Waals surface area contributed by atoms with E-state index in [9.17, 15) is 4.79 Å². The van der Waals surface area contributed by atoms with E-state index in [0.717, 1.165) is 11.3 Å². The minimum Gasteiger partial charge on any atom is -0.350 e. The Bertz CT molecular complexity index is 900. The summed E-state index contributed by atoms with van der Waals surface area (Å²) in [6.07, 6.45) is 3.61. The summed E-state index contributed by atoms with van der Waals surface area (Å²) in [5.74, 6) is 0.234. The van der Waals surface area contributed by atoms with E-state index in [0.29, 0.717) is 28.8 Å². The molecular formula is C19H16Cl2N4O. The number of para-hydroxylation sites is 1. The molecular weight excluding hydrogens is 371 g/mol. The molecule has 0 atom stereocenters. The second-order valence-electron chi connectivity index (χ2n) is 5.53. The second-order valence-corrected chi connectivity index (χ2v) is 6.37. The van der Waals surface area contributed by atoms with Gasteiger partial charge in [0, 0.05) is 11.6 Å². The molecule has 0 saturated carbocycles. The molecule has 1 heterocycles. The van der Waals surface area contributed by atoms with Crippen molar-refractivity contribution < 1.29 is 4.79 Å². The number of hydrogen-bond donors (Lipinski definition) is 2. The topological polar surface area (TPSA) is 66.9 Å². The first-order chi connectivity index (χ1) is 12.6. The number of carbonyl (C=O) groups is 1. The number of carbonyl (C=O) groups excluding carboxylic acids is 1. The van der Waals surface area contributed by atoms with E-state index in [2.05, 4.69) is 20.6 Å². The number of nitrogens with zero attached hydrogens (tertiary/aromatic N) is 2. The van der Waals surface area contributed by atoms with Crippen molar-refractivity contribution in [2.75, 3.05) is 11.9 Å². The highest BCUT2D eigenvalue weighted by Gasteiger charge is 2.08. The van der Waals surface area contributed by atoms with Crippen LogP contribution in [0.5, 0.6) is 0 Å². The van der Waals surface area contributed by atoms with E-state index >= 15 is 0 Å². The summed E-state index contributed by atoms with van der Waals surface area (Å²) in [6, 6.07) is 14.9. The van der Waals surface area contributed by atoms with Crippen LogP contribution in [0.2, 0.25) is 10.0 Å². The zero-order valence-corrected chi connectivity index (χ0v) is 15.3. The van der Waals surface area contributed by atoms with E-state index in [4.69, 9.17) is 23.2 Å². The highest BCUT2D eigenvalue weighted by molar-refractivity contribution is 6.33. The van der Waals surface area contributed by atoms with Crippen LogP contribution in [0, 0.1) is 0 Å². The molecule has 0 spiro atoms. The Kier molecular flexibility index (Phi) is 6.04. The average molecular weight is 387 g/mol. The van der Waals surface area contributed by atoms with Gasteiger partial charge in [-0.05, 0) is 36.2 Å². The first-order valence-corrected chi connectivity index (χ1v) is 8.73. The molecule has 26 heavy (non-hydrogen) atoms. The summed E-state index contributed by atoms with van der Waals surface area (Å²) < 4.78 is 0. The Morgan fingerprint density at radius 1 is 1.00 bits per heavy atom. The lowest BCUT2D eigenvalue weighted by Crippen LogP contribution is -2.26. The van der Waals surface area contributed by atoms with E-state index < -0.39 is 0 Å². The van der Waals surface area contributed by atoms with Crippen molar-refractivity contribution in [1.29, 1.82) is 0 Å². The van der Waals surface area contributed by atoms with Crippen LogP contribution in [-0.4, -0.2) is 22.4 Å². The number of nitrogens with one attached hydrogen (secondary N) is 2. The van der Waals surface area contributed by atoms with Gasteiger partial charge in [0.15, 0.2) is 0 Å². The fourth-order valence-corrected chi connectivity index (χ4v) is 2.71. The van der Waals surface area contributed by atoms with Crippen molar-refractivity contribution in [3.63, 3.8) is 0 Å². The Balaban J connectivity index is 1.54. The van der Waals surface area contributed by atoms with Gasteiger partial charge >= 0.3 is 0 Å². The molecule has 5 nitrogen and oxygen atoms in total. The molecule has 0 bridgehead atoms. The molecule has 0 aliphatic rings. The smallest absolute Gasteiger partial charge is 0.271 e. The van der Waals surface area contributed by atoms with Crippen LogP contribution in [-0.2, 0) is 6.42 Å². The van der Waals surface area contributed by atoms with Gasteiger partial charge in [-0.2, -0.15) is 0 Å². The van der Waals surface area contributed by atoms with Gasteiger partial charge in [0.2, 0.25) is 0 Å². The molecule has 2 aromatic carbocycles. The Labute approximate surface area is 161 Å². The number of hydrogen-bond acceptors (Lipinski definition) is 4. The Morgan fingerprint density at radius 3 is 2.58 bits per heavy atom. The van der Waals surface area contributed by atoms with Gasteiger partial charge in [-0.25, -0.2) is 9.97 Å². The molecule has 0 radical (unpaired) electrons. The van der Waals surface area contributed by atoms with Gasteiger partial charge in [-0.3, -0.25) is 4.79 Å². The van der Waals surface area contributed by atoms with E-state index in [-0.39, 0.29) is 11.6 Å². The largest absolute Gasteiger partial charge is 0.350 e. The lowest BCUT2D eigenvalue weighted by molar-refractivity contribution is 0.0949. The molecule has 3 aromatic rings. The van der Waals surface area contributed by atoms with Crippen LogP contribution in [0.3, 0.4) is 0 Å². The van der Waals surface area contributed by atoms with Crippen molar-refractivity contribution in [2.45, 2.75) is 6.42 Å². The SMILES string of the molecule is O=C(NCCc1cccc(Cl)c1)c1cnc(Nc2ccccc2Cl)cn1. The van der Waals surface area contributed by atoms with Crippen LogP contribution < -0.4 is 10.6 Å². The Morgan fingerprint density at radius 2 is 1.85 bits per heavy atom. The second kappa shape index (κ2) is 8.65. The van der Waals surface area contributed by atoms with Crippen LogP contribution in [0.4, 0.5) is 11.5 Å². The van der Waals surface area contributed by atoms with Gasteiger partial charge in [0.1, 0.15) is 11.5 Å². The first kappa shape index (κ1) is 18.2. The molecule has 2 N–H and O–H groups in total. The number of halogens is 2. The lowest BCUT2D eigenvalue weighted by atomic mass is 10.1. The molecule has 7 heteroatoms. The van der Waals surface area contributed by atoms with Crippen molar-refractivity contribution in [3.05, 3.63) is 82.2 Å². The van der Waals surface area contributed by atoms with Crippen LogP contribution in [0.15, 0.2) is 60.9 Å². The maximum Gasteiger partial charge on any atom is 0.271 e. The number of benzene rings is 2. The third-order valence-electron chi connectivity index (χ3n) is 3.61.